The summed E-state index contributed by atoms with van der Waals surface area (Å²) in [5, 5.41) is 0. The topological polar surface area (TPSA) is 78.9 Å². The third-order valence-corrected chi connectivity index (χ3v) is 14.4. The van der Waals surface area contributed by atoms with E-state index >= 15 is 0 Å². The molecule has 0 aliphatic heterocycles. The minimum absolute atomic E-state index is 0.0716. The second-order valence-corrected chi connectivity index (χ2v) is 21.7. The van der Waals surface area contributed by atoms with Crippen molar-refractivity contribution in [3.8, 4) is 0 Å². The van der Waals surface area contributed by atoms with Crippen LogP contribution in [0.4, 0.5) is 0 Å². The number of carbonyl (C=O) groups is 3. The second kappa shape index (κ2) is 61.2. The van der Waals surface area contributed by atoms with Crippen molar-refractivity contribution in [2.45, 2.75) is 354 Å². The minimum Gasteiger partial charge on any atom is -0.462 e. The summed E-state index contributed by atoms with van der Waals surface area (Å²) in [4.78, 5) is 38.3. The maximum Gasteiger partial charge on any atom is 0.306 e. The Hall–Kier alpha value is -2.37. The molecule has 0 aromatic carbocycles. The molecule has 6 nitrogen and oxygen atoms in total. The summed E-state index contributed by atoms with van der Waals surface area (Å²) in [6.45, 7) is 6.67. The van der Waals surface area contributed by atoms with Crippen LogP contribution in [0.15, 0.2) is 36.5 Å². The van der Waals surface area contributed by atoms with E-state index in [4.69, 9.17) is 14.2 Å². The Morgan fingerprint density at radius 2 is 0.500 bits per heavy atom. The molecular weight excluding hydrogens is 889 g/mol. The van der Waals surface area contributed by atoms with E-state index in [0.717, 1.165) is 70.6 Å². The van der Waals surface area contributed by atoms with E-state index in [1.165, 1.54) is 238 Å². The lowest BCUT2D eigenvalue weighted by molar-refractivity contribution is -0.167. The predicted molar refractivity (Wildman–Crippen MR) is 312 cm³/mol. The van der Waals surface area contributed by atoms with Gasteiger partial charge in [0.25, 0.3) is 0 Å². The summed E-state index contributed by atoms with van der Waals surface area (Å²) >= 11 is 0. The van der Waals surface area contributed by atoms with Crippen molar-refractivity contribution in [3.63, 3.8) is 0 Å². The number of ether oxygens (including phenoxy) is 3. The summed E-state index contributed by atoms with van der Waals surface area (Å²) in [5.41, 5.74) is 0. The standard InChI is InChI=1S/C66H122O6/c1-4-7-10-13-16-19-22-25-28-30-31-32-33-34-35-37-38-41-44-47-50-53-56-59-65(68)71-62-63(61-70-64(67)58-55-52-49-46-43-40-27-24-21-18-15-12-9-6-3)72-66(69)60-57-54-51-48-45-42-39-36-29-26-23-20-17-14-11-8-5-2/h22,24-25,27,30-31,63H,4-21,23,26,28-29,32-62H2,1-3H3/b25-22-,27-24-,31-30-. The van der Waals surface area contributed by atoms with Gasteiger partial charge in [0.15, 0.2) is 6.10 Å². The molecular formula is C66H122O6. The average molecular weight is 1010 g/mol. The summed E-state index contributed by atoms with van der Waals surface area (Å²) in [7, 11) is 0. The lowest BCUT2D eigenvalue weighted by Gasteiger charge is -2.18. The Kier molecular flexibility index (Phi) is 59.2. The number of carbonyl (C=O) groups excluding carboxylic acids is 3. The molecule has 1 atom stereocenters. The molecule has 0 saturated heterocycles. The summed E-state index contributed by atoms with van der Waals surface area (Å²) in [6.07, 6.45) is 74.3. The van der Waals surface area contributed by atoms with E-state index in [9.17, 15) is 14.4 Å². The molecule has 0 amide bonds. The molecule has 0 N–H and O–H groups in total. The fraction of sp³-hybridized carbons (Fsp3) is 0.864. The zero-order chi connectivity index (χ0) is 52.2. The van der Waals surface area contributed by atoms with Gasteiger partial charge >= 0.3 is 17.9 Å². The van der Waals surface area contributed by atoms with Crippen molar-refractivity contribution in [2.24, 2.45) is 0 Å². The normalized spacial score (nSPS) is 12.2. The van der Waals surface area contributed by atoms with Crippen molar-refractivity contribution >= 4 is 17.9 Å². The van der Waals surface area contributed by atoms with Crippen LogP contribution in [0.5, 0.6) is 0 Å². The largest absolute Gasteiger partial charge is 0.462 e. The zero-order valence-corrected chi connectivity index (χ0v) is 48.5. The predicted octanol–water partition coefficient (Wildman–Crippen LogP) is 21.6. The quantitative estimate of drug-likeness (QED) is 0.0261. The number of esters is 3. The van der Waals surface area contributed by atoms with Gasteiger partial charge in [-0.05, 0) is 77.0 Å². The number of allylic oxidation sites excluding steroid dienone is 6. The van der Waals surface area contributed by atoms with Crippen molar-refractivity contribution < 1.29 is 28.6 Å². The van der Waals surface area contributed by atoms with Gasteiger partial charge in [-0.3, -0.25) is 14.4 Å². The van der Waals surface area contributed by atoms with E-state index in [0.29, 0.717) is 19.3 Å². The van der Waals surface area contributed by atoms with Gasteiger partial charge in [0.05, 0.1) is 0 Å². The Labute approximate surface area is 448 Å². The fourth-order valence-electron chi connectivity index (χ4n) is 9.53. The minimum atomic E-state index is -0.774. The van der Waals surface area contributed by atoms with Crippen LogP contribution in [0.2, 0.25) is 0 Å². The van der Waals surface area contributed by atoms with Crippen molar-refractivity contribution in [2.75, 3.05) is 13.2 Å². The first-order valence-electron chi connectivity index (χ1n) is 32.0. The van der Waals surface area contributed by atoms with Gasteiger partial charge in [-0.1, -0.05) is 288 Å². The first kappa shape index (κ1) is 69.6. The van der Waals surface area contributed by atoms with E-state index in [2.05, 4.69) is 57.2 Å². The van der Waals surface area contributed by atoms with Gasteiger partial charge < -0.3 is 14.2 Å². The Morgan fingerprint density at radius 3 is 0.778 bits per heavy atom. The summed E-state index contributed by atoms with van der Waals surface area (Å²) < 4.78 is 16.9. The van der Waals surface area contributed by atoms with Crippen LogP contribution >= 0.6 is 0 Å². The fourth-order valence-corrected chi connectivity index (χ4v) is 9.53. The molecule has 422 valence electrons. The zero-order valence-electron chi connectivity index (χ0n) is 48.5. The highest BCUT2D eigenvalue weighted by Gasteiger charge is 2.19. The van der Waals surface area contributed by atoms with Gasteiger partial charge in [-0.15, -0.1) is 0 Å². The van der Waals surface area contributed by atoms with E-state index in [1.807, 2.05) is 0 Å². The first-order valence-corrected chi connectivity index (χ1v) is 32.0. The first-order chi connectivity index (χ1) is 35.5. The van der Waals surface area contributed by atoms with E-state index < -0.39 is 6.10 Å². The molecule has 0 spiro atoms. The van der Waals surface area contributed by atoms with Crippen LogP contribution in [0, 0.1) is 0 Å². The number of hydrogen-bond donors (Lipinski definition) is 0. The molecule has 0 bridgehead atoms. The monoisotopic (exact) mass is 1010 g/mol. The van der Waals surface area contributed by atoms with Gasteiger partial charge in [-0.2, -0.15) is 0 Å². The molecule has 6 heteroatoms. The number of hydrogen-bond acceptors (Lipinski definition) is 6. The molecule has 0 heterocycles. The van der Waals surface area contributed by atoms with Crippen molar-refractivity contribution in [1.82, 2.24) is 0 Å². The van der Waals surface area contributed by atoms with Gasteiger partial charge in [0.1, 0.15) is 13.2 Å². The smallest absolute Gasteiger partial charge is 0.306 e. The van der Waals surface area contributed by atoms with Crippen LogP contribution in [0.3, 0.4) is 0 Å². The molecule has 1 unspecified atom stereocenters. The van der Waals surface area contributed by atoms with E-state index in [-0.39, 0.29) is 31.1 Å². The van der Waals surface area contributed by atoms with Crippen LogP contribution in [-0.4, -0.2) is 37.2 Å². The van der Waals surface area contributed by atoms with Crippen LogP contribution in [0.1, 0.15) is 348 Å². The molecule has 0 aliphatic carbocycles. The highest BCUT2D eigenvalue weighted by Crippen LogP contribution is 2.17. The van der Waals surface area contributed by atoms with Crippen LogP contribution < -0.4 is 0 Å². The SMILES string of the molecule is CCCCCCC/C=C\C/C=C\CCCCCCCCCCCCCC(=O)OCC(COC(=O)CCCCCCC/C=C\CCCCCCC)OC(=O)CCCCCCCCCCCCCCCCCCC. The lowest BCUT2D eigenvalue weighted by Crippen LogP contribution is -2.30. The Balaban J connectivity index is 4.29. The maximum absolute atomic E-state index is 12.9. The highest BCUT2D eigenvalue weighted by molar-refractivity contribution is 5.71. The van der Waals surface area contributed by atoms with Gasteiger partial charge in [-0.25, -0.2) is 0 Å². The third-order valence-electron chi connectivity index (χ3n) is 14.4. The van der Waals surface area contributed by atoms with Crippen molar-refractivity contribution in [3.05, 3.63) is 36.5 Å². The Morgan fingerprint density at radius 1 is 0.278 bits per heavy atom. The summed E-state index contributed by atoms with van der Waals surface area (Å²) in [6, 6.07) is 0. The molecule has 0 saturated carbocycles. The van der Waals surface area contributed by atoms with Crippen LogP contribution in [0.25, 0.3) is 0 Å². The molecule has 72 heavy (non-hydrogen) atoms. The van der Waals surface area contributed by atoms with Gasteiger partial charge in [0.2, 0.25) is 0 Å². The number of unbranched alkanes of at least 4 members (excludes halogenated alkanes) is 42. The lowest BCUT2D eigenvalue weighted by atomic mass is 10.0. The highest BCUT2D eigenvalue weighted by atomic mass is 16.6. The second-order valence-electron chi connectivity index (χ2n) is 21.7. The number of rotatable bonds is 59. The third kappa shape index (κ3) is 58.5. The van der Waals surface area contributed by atoms with Crippen molar-refractivity contribution in [1.29, 1.82) is 0 Å². The Bertz CT molecular complexity index is 1210. The van der Waals surface area contributed by atoms with Gasteiger partial charge in [0, 0.05) is 19.3 Å². The molecule has 0 radical (unpaired) electrons. The summed E-state index contributed by atoms with van der Waals surface area (Å²) in [5.74, 6) is -0.859. The maximum atomic E-state index is 12.9. The molecule has 0 fully saturated rings. The van der Waals surface area contributed by atoms with E-state index in [1.54, 1.807) is 0 Å². The molecule has 0 aromatic rings. The molecule has 0 aromatic heterocycles. The molecule has 0 rings (SSSR count). The average Bonchev–Trinajstić information content (AvgIpc) is 3.38. The van der Waals surface area contributed by atoms with Crippen LogP contribution in [-0.2, 0) is 28.6 Å². The molecule has 0 aliphatic rings.